The van der Waals surface area contributed by atoms with Crippen LogP contribution in [-0.4, -0.2) is 37.2 Å². The summed E-state index contributed by atoms with van der Waals surface area (Å²) in [6.07, 6.45) is 68.5. The van der Waals surface area contributed by atoms with Crippen LogP contribution in [0.4, 0.5) is 0 Å². The Morgan fingerprint density at radius 1 is 0.279 bits per heavy atom. The predicted molar refractivity (Wildman–Crippen MR) is 293 cm³/mol. The Labute approximate surface area is 423 Å². The molecule has 0 aromatic heterocycles. The second-order valence-electron chi connectivity index (χ2n) is 20.2. The maximum atomic E-state index is 12.9. The molecule has 0 N–H and O–H groups in total. The molecule has 0 aromatic rings. The molecule has 0 saturated carbocycles. The first-order chi connectivity index (χ1) is 33.5. The van der Waals surface area contributed by atoms with E-state index in [1.54, 1.807) is 0 Å². The Morgan fingerprint density at radius 3 is 0.750 bits per heavy atom. The first-order valence-electron chi connectivity index (χ1n) is 30.0. The standard InChI is InChI=1S/C62H114O6/c1-4-7-10-13-16-19-22-25-27-29-31-33-34-37-40-43-46-49-52-55-61(64)67-58-59(57-66-60(63)54-51-48-45-42-39-36-24-21-18-15-12-9-6-3)68-62(65)56-53-50-47-44-41-38-35-32-30-28-26-23-20-17-14-11-8-5-2/h29,31-32,35-36,39,59H,4-28,30,33-34,37-38,40-58H2,1-3H3/b31-29-,35-32-,39-36-. The van der Waals surface area contributed by atoms with Crippen LogP contribution >= 0.6 is 0 Å². The van der Waals surface area contributed by atoms with Gasteiger partial charge in [0, 0.05) is 19.3 Å². The molecule has 0 aliphatic carbocycles. The third kappa shape index (κ3) is 54.6. The number of allylic oxidation sites excluding steroid dienone is 6. The molecule has 0 heterocycles. The fraction of sp³-hybridized carbons (Fsp3) is 0.855. The van der Waals surface area contributed by atoms with Crippen molar-refractivity contribution in [1.82, 2.24) is 0 Å². The fourth-order valence-corrected chi connectivity index (χ4v) is 8.78. The Balaban J connectivity index is 4.35. The molecule has 0 bridgehead atoms. The number of unbranched alkanes of at least 4 members (excludes halogenated alkanes) is 38. The van der Waals surface area contributed by atoms with E-state index < -0.39 is 6.10 Å². The highest BCUT2D eigenvalue weighted by molar-refractivity contribution is 5.71. The van der Waals surface area contributed by atoms with E-state index >= 15 is 0 Å². The lowest BCUT2D eigenvalue weighted by atomic mass is 10.1. The van der Waals surface area contributed by atoms with Gasteiger partial charge in [-0.3, -0.25) is 14.4 Å². The zero-order valence-corrected chi connectivity index (χ0v) is 45.6. The van der Waals surface area contributed by atoms with Crippen LogP contribution in [0.1, 0.15) is 323 Å². The van der Waals surface area contributed by atoms with Crippen molar-refractivity contribution in [3.05, 3.63) is 36.5 Å². The van der Waals surface area contributed by atoms with Crippen molar-refractivity contribution < 1.29 is 28.6 Å². The number of rotatable bonds is 55. The van der Waals surface area contributed by atoms with E-state index in [1.807, 2.05) is 0 Å². The summed E-state index contributed by atoms with van der Waals surface area (Å²) in [7, 11) is 0. The second-order valence-corrected chi connectivity index (χ2v) is 20.2. The van der Waals surface area contributed by atoms with Crippen molar-refractivity contribution in [2.75, 3.05) is 13.2 Å². The van der Waals surface area contributed by atoms with Crippen molar-refractivity contribution >= 4 is 17.9 Å². The molecular weight excluding hydrogens is 841 g/mol. The summed E-state index contributed by atoms with van der Waals surface area (Å²) in [4.78, 5) is 38.2. The molecule has 1 unspecified atom stereocenters. The van der Waals surface area contributed by atoms with Crippen LogP contribution in [0.15, 0.2) is 36.5 Å². The molecule has 0 aliphatic heterocycles. The minimum atomic E-state index is -0.783. The second kappa shape index (κ2) is 57.2. The summed E-state index contributed by atoms with van der Waals surface area (Å²) < 4.78 is 16.9. The molecule has 68 heavy (non-hydrogen) atoms. The number of carbonyl (C=O) groups excluding carboxylic acids is 3. The highest BCUT2D eigenvalue weighted by Crippen LogP contribution is 2.16. The third-order valence-electron chi connectivity index (χ3n) is 13.3. The molecule has 398 valence electrons. The van der Waals surface area contributed by atoms with Gasteiger partial charge in [-0.2, -0.15) is 0 Å². The monoisotopic (exact) mass is 955 g/mol. The molecular formula is C62H114O6. The van der Waals surface area contributed by atoms with Crippen LogP contribution in [0.3, 0.4) is 0 Å². The van der Waals surface area contributed by atoms with E-state index in [2.05, 4.69) is 57.2 Å². The van der Waals surface area contributed by atoms with Crippen LogP contribution in [0, 0.1) is 0 Å². The quantitative estimate of drug-likeness (QED) is 0.0262. The lowest BCUT2D eigenvalue weighted by Crippen LogP contribution is -2.30. The molecule has 0 radical (unpaired) electrons. The highest BCUT2D eigenvalue weighted by atomic mass is 16.6. The average molecular weight is 956 g/mol. The number of esters is 3. The number of carbonyl (C=O) groups is 3. The zero-order valence-electron chi connectivity index (χ0n) is 45.6. The van der Waals surface area contributed by atoms with Crippen LogP contribution in [0.5, 0.6) is 0 Å². The summed E-state index contributed by atoms with van der Waals surface area (Å²) in [6.45, 7) is 6.65. The summed E-state index contributed by atoms with van der Waals surface area (Å²) in [6, 6.07) is 0. The SMILES string of the molecule is CCCCCCCC/C=C\CCCCCC(=O)OCC(COC(=O)CCCCCCCCC/C=C\CCCCCCCCCC)OC(=O)CCCCCCC/C=C\CCCCCCCCCCC. The predicted octanol–water partition coefficient (Wildman–Crippen LogP) is 20.0. The zero-order chi connectivity index (χ0) is 49.3. The Hall–Kier alpha value is -2.37. The van der Waals surface area contributed by atoms with Crippen molar-refractivity contribution in [3.63, 3.8) is 0 Å². The van der Waals surface area contributed by atoms with E-state index in [-0.39, 0.29) is 31.1 Å². The van der Waals surface area contributed by atoms with Gasteiger partial charge in [-0.1, -0.05) is 243 Å². The lowest BCUT2D eigenvalue weighted by Gasteiger charge is -2.18. The smallest absolute Gasteiger partial charge is 0.306 e. The van der Waals surface area contributed by atoms with Gasteiger partial charge in [-0.25, -0.2) is 0 Å². The van der Waals surface area contributed by atoms with Gasteiger partial charge in [0.2, 0.25) is 0 Å². The summed E-state index contributed by atoms with van der Waals surface area (Å²) in [5.41, 5.74) is 0. The minimum Gasteiger partial charge on any atom is -0.462 e. The lowest BCUT2D eigenvalue weighted by molar-refractivity contribution is -0.167. The van der Waals surface area contributed by atoms with Crippen molar-refractivity contribution in [3.8, 4) is 0 Å². The van der Waals surface area contributed by atoms with Crippen molar-refractivity contribution in [1.29, 1.82) is 0 Å². The minimum absolute atomic E-state index is 0.0802. The molecule has 0 aliphatic rings. The van der Waals surface area contributed by atoms with Crippen molar-refractivity contribution in [2.45, 2.75) is 329 Å². The molecule has 6 heteroatoms. The number of hydrogen-bond donors (Lipinski definition) is 0. The van der Waals surface area contributed by atoms with Gasteiger partial charge in [0.05, 0.1) is 0 Å². The fourth-order valence-electron chi connectivity index (χ4n) is 8.78. The maximum absolute atomic E-state index is 12.9. The molecule has 6 nitrogen and oxygen atoms in total. The molecule has 0 fully saturated rings. The Kier molecular flexibility index (Phi) is 55.2. The average Bonchev–Trinajstić information content (AvgIpc) is 3.34. The van der Waals surface area contributed by atoms with E-state index in [4.69, 9.17) is 14.2 Å². The molecule has 0 aromatic carbocycles. The van der Waals surface area contributed by atoms with Gasteiger partial charge >= 0.3 is 17.9 Å². The Bertz CT molecular complexity index is 1140. The van der Waals surface area contributed by atoms with Gasteiger partial charge in [-0.05, 0) is 96.3 Å². The largest absolute Gasteiger partial charge is 0.462 e. The summed E-state index contributed by atoms with van der Waals surface area (Å²) >= 11 is 0. The van der Waals surface area contributed by atoms with Crippen LogP contribution < -0.4 is 0 Å². The van der Waals surface area contributed by atoms with Gasteiger partial charge < -0.3 is 14.2 Å². The van der Waals surface area contributed by atoms with Crippen molar-refractivity contribution in [2.24, 2.45) is 0 Å². The highest BCUT2D eigenvalue weighted by Gasteiger charge is 2.19. The summed E-state index contributed by atoms with van der Waals surface area (Å²) in [5.74, 6) is -0.892. The van der Waals surface area contributed by atoms with Crippen LogP contribution in [0.25, 0.3) is 0 Å². The molecule has 0 amide bonds. The van der Waals surface area contributed by atoms with E-state index in [0.717, 1.165) is 77.0 Å². The molecule has 0 rings (SSSR count). The van der Waals surface area contributed by atoms with Crippen LogP contribution in [0.2, 0.25) is 0 Å². The topological polar surface area (TPSA) is 78.9 Å². The Morgan fingerprint density at radius 2 is 0.485 bits per heavy atom. The first kappa shape index (κ1) is 65.6. The normalized spacial score (nSPS) is 12.2. The first-order valence-corrected chi connectivity index (χ1v) is 30.0. The van der Waals surface area contributed by atoms with Gasteiger partial charge in [0.25, 0.3) is 0 Å². The number of ether oxygens (including phenoxy) is 3. The van der Waals surface area contributed by atoms with Gasteiger partial charge in [-0.15, -0.1) is 0 Å². The van der Waals surface area contributed by atoms with Crippen LogP contribution in [-0.2, 0) is 28.6 Å². The molecule has 1 atom stereocenters. The summed E-state index contributed by atoms with van der Waals surface area (Å²) in [5, 5.41) is 0. The third-order valence-corrected chi connectivity index (χ3v) is 13.3. The molecule has 0 spiro atoms. The number of hydrogen-bond acceptors (Lipinski definition) is 6. The van der Waals surface area contributed by atoms with E-state index in [1.165, 1.54) is 205 Å². The molecule has 0 saturated heterocycles. The maximum Gasteiger partial charge on any atom is 0.306 e. The van der Waals surface area contributed by atoms with E-state index in [9.17, 15) is 14.4 Å². The van der Waals surface area contributed by atoms with E-state index in [0.29, 0.717) is 19.3 Å². The van der Waals surface area contributed by atoms with Gasteiger partial charge in [0.15, 0.2) is 6.10 Å². The van der Waals surface area contributed by atoms with Gasteiger partial charge in [0.1, 0.15) is 13.2 Å².